The summed E-state index contributed by atoms with van der Waals surface area (Å²) >= 11 is 0. The van der Waals surface area contributed by atoms with Crippen LogP contribution in [0.15, 0.2) is 0 Å². The molecule has 0 aromatic rings. The Morgan fingerprint density at radius 3 is 1.33 bits per heavy atom. The topological polar surface area (TPSA) is 40.5 Å². The summed E-state index contributed by atoms with van der Waals surface area (Å²) in [5.41, 5.74) is 0. The quantitative estimate of drug-likeness (QED) is 0.467. The molecule has 2 N–H and O–H groups in total. The van der Waals surface area contributed by atoms with Crippen LogP contribution in [-0.2, 0) is 0 Å². The van der Waals surface area contributed by atoms with Crippen LogP contribution in [0.2, 0.25) is 0 Å². The lowest BCUT2D eigenvalue weighted by Gasteiger charge is -1.52. The van der Waals surface area contributed by atoms with Gasteiger partial charge in [-0.2, -0.15) is 0 Å². The van der Waals surface area contributed by atoms with E-state index >= 15 is 0 Å². The van der Waals surface area contributed by atoms with Crippen molar-refractivity contribution in [1.82, 2.24) is 0 Å². The number of rotatable bonds is 0. The maximum Gasteiger partial charge on any atom is 0.0402 e. The molecule has 0 aliphatic carbocycles. The van der Waals surface area contributed by atoms with Crippen molar-refractivity contribution in [1.29, 1.82) is 0 Å². The van der Waals surface area contributed by atoms with Gasteiger partial charge in [0.1, 0.15) is 0 Å². The van der Waals surface area contributed by atoms with Gasteiger partial charge in [-0.1, -0.05) is 0 Å². The van der Waals surface area contributed by atoms with Gasteiger partial charge in [0.2, 0.25) is 0 Å². The first-order valence-electron chi connectivity index (χ1n) is 1.47. The largest absolute Gasteiger partial charge is 0.400 e. The van der Waals surface area contributed by atoms with Crippen LogP contribution in [0.5, 0.6) is 0 Å². The minimum absolute atomic E-state index is 0. The second-order valence-electron chi connectivity index (χ2n) is 0.316. The van der Waals surface area contributed by atoms with Crippen LogP contribution in [0.1, 0.15) is 6.92 Å². The average Bonchev–Trinajstić information content (AvgIpc) is 1.46. The first-order valence-corrected chi connectivity index (χ1v) is 1.47. The van der Waals surface area contributed by atoms with E-state index in [0.29, 0.717) is 0 Å². The Kier molecular flexibility index (Phi) is 172. The highest BCUT2D eigenvalue weighted by Crippen LogP contribution is 1.30. The van der Waals surface area contributed by atoms with E-state index in [-0.39, 0.29) is 19.0 Å². The van der Waals surface area contributed by atoms with Crippen LogP contribution < -0.4 is 0 Å². The lowest BCUT2D eigenvalue weighted by atomic mass is 10.9. The molecule has 0 bridgehead atoms. The van der Waals surface area contributed by atoms with Crippen LogP contribution in [0.4, 0.5) is 0 Å². The molecule has 0 unspecified atom stereocenters. The van der Waals surface area contributed by atoms with Crippen molar-refractivity contribution in [3.63, 3.8) is 0 Å². The van der Waals surface area contributed by atoms with Crippen molar-refractivity contribution in [2.75, 3.05) is 13.7 Å². The number of aliphatic hydroxyl groups excluding tert-OH is 2. The molecular formula is C3H11ClO2. The molecule has 2 nitrogen and oxygen atoms in total. The molecule has 0 amide bonds. The average molecular weight is 115 g/mol. The number of hydrogen-bond acceptors (Lipinski definition) is 2. The van der Waals surface area contributed by atoms with E-state index in [1.54, 1.807) is 6.92 Å². The van der Waals surface area contributed by atoms with Gasteiger partial charge in [0.15, 0.2) is 0 Å². The number of aliphatic hydroxyl groups is 2. The zero-order chi connectivity index (χ0) is 4.71. The predicted octanol–water partition coefficient (Wildman–Crippen LogP) is 0.0289. The van der Waals surface area contributed by atoms with Gasteiger partial charge in [-0.05, 0) is 6.92 Å². The molecule has 0 rings (SSSR count). The SMILES string of the molecule is CCO.CO.Cl. The standard InChI is InChI=1S/C2H6O.CH4O.ClH/c1-2-3;1-2;/h3H,2H2,1H3;2H,1H3;1H. The van der Waals surface area contributed by atoms with E-state index in [0.717, 1.165) is 7.11 Å². The Morgan fingerprint density at radius 2 is 1.33 bits per heavy atom. The number of halogens is 1. The fraction of sp³-hybridized carbons (Fsp3) is 1.00. The Morgan fingerprint density at radius 1 is 1.33 bits per heavy atom. The van der Waals surface area contributed by atoms with Gasteiger partial charge >= 0.3 is 0 Å². The summed E-state index contributed by atoms with van der Waals surface area (Å²) in [5, 5.41) is 14.6. The third-order valence-electron chi connectivity index (χ3n) is 0. The normalized spacial score (nSPS) is 4.00. The van der Waals surface area contributed by atoms with Gasteiger partial charge in [0, 0.05) is 13.7 Å². The minimum atomic E-state index is 0. The van der Waals surface area contributed by atoms with Crippen molar-refractivity contribution in [3.8, 4) is 0 Å². The summed E-state index contributed by atoms with van der Waals surface area (Å²) in [6, 6.07) is 0. The monoisotopic (exact) mass is 114 g/mol. The fourth-order valence-electron chi connectivity index (χ4n) is 0. The van der Waals surface area contributed by atoms with E-state index in [2.05, 4.69) is 0 Å². The lowest BCUT2D eigenvalue weighted by molar-refractivity contribution is 0.318. The van der Waals surface area contributed by atoms with Crippen molar-refractivity contribution in [2.45, 2.75) is 6.92 Å². The highest BCUT2D eigenvalue weighted by atomic mass is 35.5. The third-order valence-corrected chi connectivity index (χ3v) is 0. The van der Waals surface area contributed by atoms with Gasteiger partial charge in [0.05, 0.1) is 0 Å². The molecule has 0 aromatic heterocycles. The summed E-state index contributed by atoms with van der Waals surface area (Å²) in [7, 11) is 1.00. The smallest absolute Gasteiger partial charge is 0.0402 e. The molecular weight excluding hydrogens is 103 g/mol. The second-order valence-corrected chi connectivity index (χ2v) is 0.316. The zero-order valence-corrected chi connectivity index (χ0v) is 4.83. The third kappa shape index (κ3) is 984. The van der Waals surface area contributed by atoms with E-state index in [1.165, 1.54) is 0 Å². The first-order chi connectivity index (χ1) is 2.41. The molecule has 0 aliphatic rings. The molecule has 0 saturated heterocycles. The van der Waals surface area contributed by atoms with E-state index in [4.69, 9.17) is 10.2 Å². The molecule has 0 aliphatic heterocycles. The molecule has 0 spiro atoms. The summed E-state index contributed by atoms with van der Waals surface area (Å²) in [6.45, 7) is 1.93. The molecule has 0 heterocycles. The van der Waals surface area contributed by atoms with Gasteiger partial charge in [-0.3, -0.25) is 0 Å². The van der Waals surface area contributed by atoms with Crippen molar-refractivity contribution in [3.05, 3.63) is 0 Å². The molecule has 0 radical (unpaired) electrons. The summed E-state index contributed by atoms with van der Waals surface area (Å²) in [6.07, 6.45) is 0. The fourth-order valence-corrected chi connectivity index (χ4v) is 0. The van der Waals surface area contributed by atoms with E-state index < -0.39 is 0 Å². The Hall–Kier alpha value is 0.210. The Bertz CT molecular complexity index is 8.75. The van der Waals surface area contributed by atoms with Crippen molar-refractivity contribution < 1.29 is 10.2 Å². The van der Waals surface area contributed by atoms with Crippen molar-refractivity contribution >= 4 is 12.4 Å². The Labute approximate surface area is 44.2 Å². The van der Waals surface area contributed by atoms with E-state index in [1.807, 2.05) is 0 Å². The second kappa shape index (κ2) is 63.1. The van der Waals surface area contributed by atoms with Gasteiger partial charge < -0.3 is 10.2 Å². The zero-order valence-electron chi connectivity index (χ0n) is 4.01. The molecule has 3 heteroatoms. The summed E-state index contributed by atoms with van der Waals surface area (Å²) in [4.78, 5) is 0. The molecule has 0 fully saturated rings. The van der Waals surface area contributed by atoms with Crippen LogP contribution in [0.3, 0.4) is 0 Å². The summed E-state index contributed by atoms with van der Waals surface area (Å²) < 4.78 is 0. The van der Waals surface area contributed by atoms with Gasteiger partial charge in [0.25, 0.3) is 0 Å². The van der Waals surface area contributed by atoms with Gasteiger partial charge in [-0.15, -0.1) is 12.4 Å². The van der Waals surface area contributed by atoms with E-state index in [9.17, 15) is 0 Å². The van der Waals surface area contributed by atoms with Crippen LogP contribution in [0, 0.1) is 0 Å². The van der Waals surface area contributed by atoms with Crippen LogP contribution in [-0.4, -0.2) is 23.9 Å². The lowest BCUT2D eigenvalue weighted by Crippen LogP contribution is -1.57. The molecule has 6 heavy (non-hydrogen) atoms. The maximum absolute atomic E-state index is 7.57. The summed E-state index contributed by atoms with van der Waals surface area (Å²) in [5.74, 6) is 0. The highest BCUT2D eigenvalue weighted by molar-refractivity contribution is 5.85. The molecule has 0 saturated carbocycles. The van der Waals surface area contributed by atoms with Crippen LogP contribution in [0.25, 0.3) is 0 Å². The van der Waals surface area contributed by atoms with Crippen molar-refractivity contribution in [2.24, 2.45) is 0 Å². The Balaban J connectivity index is -0.0000000275. The minimum Gasteiger partial charge on any atom is -0.400 e. The van der Waals surface area contributed by atoms with Crippen LogP contribution >= 0.6 is 12.4 Å². The maximum atomic E-state index is 7.57. The molecule has 42 valence electrons. The van der Waals surface area contributed by atoms with Gasteiger partial charge in [-0.25, -0.2) is 0 Å². The highest BCUT2D eigenvalue weighted by Gasteiger charge is 1.34. The predicted molar refractivity (Wildman–Crippen MR) is 28.2 cm³/mol. The molecule has 0 atom stereocenters. The molecule has 0 aromatic carbocycles. The number of hydrogen-bond donors (Lipinski definition) is 2. The first kappa shape index (κ1) is 16.4.